The summed E-state index contributed by atoms with van der Waals surface area (Å²) >= 11 is 5.87. The molecule has 6 heteroatoms. The van der Waals surface area contributed by atoms with Crippen LogP contribution in [0, 0.1) is 6.92 Å². The molecule has 0 bridgehead atoms. The van der Waals surface area contributed by atoms with Gasteiger partial charge in [-0.25, -0.2) is 0 Å². The van der Waals surface area contributed by atoms with Crippen molar-refractivity contribution in [1.29, 1.82) is 0 Å². The van der Waals surface area contributed by atoms with E-state index >= 15 is 0 Å². The number of hydrogen-bond donors (Lipinski definition) is 3. The summed E-state index contributed by atoms with van der Waals surface area (Å²) in [5.41, 5.74) is 7.81. The lowest BCUT2D eigenvalue weighted by Crippen LogP contribution is -2.23. The summed E-state index contributed by atoms with van der Waals surface area (Å²) in [5, 5.41) is 9.70. The highest BCUT2D eigenvalue weighted by Crippen LogP contribution is 2.15. The van der Waals surface area contributed by atoms with Gasteiger partial charge < -0.3 is 11.1 Å². The summed E-state index contributed by atoms with van der Waals surface area (Å²) in [6, 6.07) is 5.20. The van der Waals surface area contributed by atoms with Crippen molar-refractivity contribution >= 4 is 23.3 Å². The highest BCUT2D eigenvalue weighted by atomic mass is 35.5. The van der Waals surface area contributed by atoms with E-state index in [2.05, 4.69) is 15.5 Å². The number of nitrogens with one attached hydrogen (secondary N) is 2. The van der Waals surface area contributed by atoms with Gasteiger partial charge in [-0.05, 0) is 24.6 Å². The zero-order chi connectivity index (χ0) is 13.1. The highest BCUT2D eigenvalue weighted by Gasteiger charge is 2.10. The first-order valence-electron chi connectivity index (χ1n) is 5.40. The maximum absolute atomic E-state index is 12.0. The standard InChI is InChI=1S/C12H13ClN4O/c1-7-2-3-9(13)4-10(7)12(18)15-5-8-6-16-17-11(8)14/h2-4,6H,5H2,1H3,(H,15,18)(H3,14,16,17). The van der Waals surface area contributed by atoms with E-state index in [1.165, 1.54) is 0 Å². The van der Waals surface area contributed by atoms with Crippen LogP contribution in [-0.2, 0) is 6.54 Å². The summed E-state index contributed by atoms with van der Waals surface area (Å²) in [7, 11) is 0. The lowest BCUT2D eigenvalue weighted by atomic mass is 10.1. The molecule has 0 atom stereocenters. The fourth-order valence-electron chi connectivity index (χ4n) is 1.57. The summed E-state index contributed by atoms with van der Waals surface area (Å²) in [4.78, 5) is 12.0. The van der Waals surface area contributed by atoms with Crippen molar-refractivity contribution in [2.45, 2.75) is 13.5 Å². The van der Waals surface area contributed by atoms with Gasteiger partial charge in [0.05, 0.1) is 6.20 Å². The van der Waals surface area contributed by atoms with Gasteiger partial charge >= 0.3 is 0 Å². The number of aryl methyl sites for hydroxylation is 1. The minimum absolute atomic E-state index is 0.185. The van der Waals surface area contributed by atoms with Gasteiger partial charge in [0, 0.05) is 22.7 Å². The number of carbonyl (C=O) groups excluding carboxylic acids is 1. The number of H-pyrrole nitrogens is 1. The number of rotatable bonds is 3. The third-order valence-electron chi connectivity index (χ3n) is 2.63. The normalized spacial score (nSPS) is 10.3. The fourth-order valence-corrected chi connectivity index (χ4v) is 1.74. The topological polar surface area (TPSA) is 83.8 Å². The molecule has 0 saturated heterocycles. The predicted molar refractivity (Wildman–Crippen MR) is 70.4 cm³/mol. The number of carbonyl (C=O) groups is 1. The molecule has 0 spiro atoms. The molecule has 1 aromatic heterocycles. The molecule has 0 aliphatic carbocycles. The van der Waals surface area contributed by atoms with Gasteiger partial charge in [-0.15, -0.1) is 0 Å². The fraction of sp³-hybridized carbons (Fsp3) is 0.167. The Bertz CT molecular complexity index is 579. The van der Waals surface area contributed by atoms with Crippen LogP contribution < -0.4 is 11.1 Å². The first-order chi connectivity index (χ1) is 8.58. The van der Waals surface area contributed by atoms with Crippen molar-refractivity contribution in [2.24, 2.45) is 0 Å². The molecule has 2 rings (SSSR count). The molecular formula is C12H13ClN4O. The number of anilines is 1. The molecule has 0 aliphatic heterocycles. The largest absolute Gasteiger partial charge is 0.384 e. The molecule has 0 radical (unpaired) electrons. The Hall–Kier alpha value is -2.01. The van der Waals surface area contributed by atoms with Crippen molar-refractivity contribution in [3.05, 3.63) is 46.1 Å². The van der Waals surface area contributed by atoms with Crippen LogP contribution in [0.5, 0.6) is 0 Å². The van der Waals surface area contributed by atoms with Gasteiger partial charge in [-0.2, -0.15) is 5.10 Å². The SMILES string of the molecule is Cc1ccc(Cl)cc1C(=O)NCc1cn[nH]c1N. The van der Waals surface area contributed by atoms with Crippen molar-refractivity contribution < 1.29 is 4.79 Å². The molecule has 0 aliphatic rings. The van der Waals surface area contributed by atoms with Gasteiger partial charge in [0.15, 0.2) is 0 Å². The molecular weight excluding hydrogens is 252 g/mol. The first-order valence-corrected chi connectivity index (χ1v) is 5.78. The number of nitrogen functional groups attached to an aromatic ring is 1. The van der Waals surface area contributed by atoms with Crippen LogP contribution in [0.4, 0.5) is 5.82 Å². The van der Waals surface area contributed by atoms with Crippen molar-refractivity contribution in [3.63, 3.8) is 0 Å². The van der Waals surface area contributed by atoms with Crippen LogP contribution in [0.25, 0.3) is 0 Å². The first kappa shape index (κ1) is 12.4. The minimum Gasteiger partial charge on any atom is -0.384 e. The van der Waals surface area contributed by atoms with E-state index in [1.54, 1.807) is 18.3 Å². The third-order valence-corrected chi connectivity index (χ3v) is 2.87. The maximum atomic E-state index is 12.0. The molecule has 18 heavy (non-hydrogen) atoms. The van der Waals surface area contributed by atoms with Crippen LogP contribution in [0.15, 0.2) is 24.4 Å². The number of aromatic amines is 1. The second-order valence-electron chi connectivity index (χ2n) is 3.95. The lowest BCUT2D eigenvalue weighted by molar-refractivity contribution is 0.0950. The van der Waals surface area contributed by atoms with Gasteiger partial charge in [0.2, 0.25) is 0 Å². The zero-order valence-electron chi connectivity index (χ0n) is 9.83. The molecule has 5 nitrogen and oxygen atoms in total. The number of halogens is 1. The highest BCUT2D eigenvalue weighted by molar-refractivity contribution is 6.31. The number of aromatic nitrogens is 2. The average molecular weight is 265 g/mol. The molecule has 0 saturated carbocycles. The summed E-state index contributed by atoms with van der Waals surface area (Å²) in [5.74, 6) is 0.272. The van der Waals surface area contributed by atoms with E-state index < -0.39 is 0 Å². The van der Waals surface area contributed by atoms with Gasteiger partial charge in [-0.1, -0.05) is 17.7 Å². The zero-order valence-corrected chi connectivity index (χ0v) is 10.6. The molecule has 1 amide bonds. The Morgan fingerprint density at radius 3 is 3.00 bits per heavy atom. The second-order valence-corrected chi connectivity index (χ2v) is 4.39. The van der Waals surface area contributed by atoms with E-state index in [1.807, 2.05) is 13.0 Å². The minimum atomic E-state index is -0.185. The van der Waals surface area contributed by atoms with Gasteiger partial charge in [-0.3, -0.25) is 9.89 Å². The number of nitrogens with zero attached hydrogens (tertiary/aromatic N) is 1. The van der Waals surface area contributed by atoms with Crippen LogP contribution in [0.1, 0.15) is 21.5 Å². The number of amides is 1. The van der Waals surface area contributed by atoms with Crippen LogP contribution in [0.2, 0.25) is 5.02 Å². The monoisotopic (exact) mass is 264 g/mol. The van der Waals surface area contributed by atoms with Crippen LogP contribution in [-0.4, -0.2) is 16.1 Å². The Morgan fingerprint density at radius 2 is 2.33 bits per heavy atom. The van der Waals surface area contributed by atoms with E-state index in [9.17, 15) is 4.79 Å². The Balaban J connectivity index is 2.08. The second kappa shape index (κ2) is 5.10. The van der Waals surface area contributed by atoms with E-state index in [-0.39, 0.29) is 5.91 Å². The molecule has 1 aromatic carbocycles. The molecule has 1 heterocycles. The number of nitrogens with two attached hydrogens (primary N) is 1. The van der Waals surface area contributed by atoms with E-state index in [0.717, 1.165) is 11.1 Å². The summed E-state index contributed by atoms with van der Waals surface area (Å²) in [6.07, 6.45) is 1.58. The Kier molecular flexibility index (Phi) is 3.53. The molecule has 2 aromatic rings. The predicted octanol–water partition coefficient (Wildman–Crippen LogP) is 1.88. The lowest BCUT2D eigenvalue weighted by Gasteiger charge is -2.07. The van der Waals surface area contributed by atoms with Crippen LogP contribution >= 0.6 is 11.6 Å². The smallest absolute Gasteiger partial charge is 0.251 e. The molecule has 0 fully saturated rings. The number of benzene rings is 1. The Morgan fingerprint density at radius 1 is 1.56 bits per heavy atom. The average Bonchev–Trinajstić information content (AvgIpc) is 2.75. The van der Waals surface area contributed by atoms with E-state index in [4.69, 9.17) is 17.3 Å². The third kappa shape index (κ3) is 2.62. The Labute approximate surface area is 109 Å². The van der Waals surface area contributed by atoms with Gasteiger partial charge in [0.1, 0.15) is 5.82 Å². The van der Waals surface area contributed by atoms with E-state index in [0.29, 0.717) is 22.9 Å². The van der Waals surface area contributed by atoms with Crippen molar-refractivity contribution in [1.82, 2.24) is 15.5 Å². The summed E-state index contributed by atoms with van der Waals surface area (Å²) in [6.45, 7) is 2.19. The maximum Gasteiger partial charge on any atom is 0.251 e. The number of hydrogen-bond acceptors (Lipinski definition) is 3. The van der Waals surface area contributed by atoms with Crippen molar-refractivity contribution in [3.8, 4) is 0 Å². The quantitative estimate of drug-likeness (QED) is 0.791. The molecule has 4 N–H and O–H groups in total. The van der Waals surface area contributed by atoms with Crippen molar-refractivity contribution in [2.75, 3.05) is 5.73 Å². The van der Waals surface area contributed by atoms with Crippen LogP contribution in [0.3, 0.4) is 0 Å². The summed E-state index contributed by atoms with van der Waals surface area (Å²) < 4.78 is 0. The molecule has 0 unspecified atom stereocenters. The molecule has 94 valence electrons. The van der Waals surface area contributed by atoms with Gasteiger partial charge in [0.25, 0.3) is 5.91 Å².